The Morgan fingerprint density at radius 3 is 2.54 bits per heavy atom. The molecule has 1 saturated heterocycles. The van der Waals surface area contributed by atoms with Crippen LogP contribution in [0.15, 0.2) is 65.6 Å². The zero-order valence-corrected chi connectivity index (χ0v) is 15.6. The Kier molecular flexibility index (Phi) is 5.51. The van der Waals surface area contributed by atoms with Crippen molar-refractivity contribution in [1.29, 1.82) is 0 Å². The number of thioether (sulfide) groups is 1. The van der Waals surface area contributed by atoms with E-state index >= 15 is 0 Å². The molecule has 0 saturated carbocycles. The first-order valence-corrected chi connectivity index (χ1v) is 9.01. The Balaban J connectivity index is 1.82. The average Bonchev–Trinajstić information content (AvgIpc) is 2.90. The minimum atomic E-state index is -0.445. The molecule has 2 aromatic rings. The van der Waals surface area contributed by atoms with Crippen molar-refractivity contribution >= 4 is 63.3 Å². The van der Waals surface area contributed by atoms with Gasteiger partial charge in [-0.1, -0.05) is 53.8 Å². The summed E-state index contributed by atoms with van der Waals surface area (Å²) in [5.74, 6) is -0.241. The first-order valence-electron chi connectivity index (χ1n) is 7.41. The lowest BCUT2D eigenvalue weighted by Gasteiger charge is -2.14. The second kappa shape index (κ2) is 7.82. The van der Waals surface area contributed by atoms with Gasteiger partial charge in [-0.25, -0.2) is 0 Å². The Labute approximate surface area is 164 Å². The van der Waals surface area contributed by atoms with Crippen molar-refractivity contribution in [2.75, 3.05) is 4.90 Å². The lowest BCUT2D eigenvalue weighted by molar-refractivity contribution is -0.385. The molecular formula is C18H11ClN2O3S2. The molecule has 0 atom stereocenters. The smallest absolute Gasteiger partial charge is 0.268 e. The van der Waals surface area contributed by atoms with Gasteiger partial charge >= 0.3 is 0 Å². The highest BCUT2D eigenvalue weighted by Crippen LogP contribution is 2.35. The standard InChI is InChI=1S/C18H11ClN2O3S2/c19-13-8-10-14(11-9-13)20-17(22)16(26-18(20)25)7-3-5-12-4-1-2-6-15(12)21(23)24/h1-11H/b5-3+,16-7?. The zero-order chi connectivity index (χ0) is 18.7. The lowest BCUT2D eigenvalue weighted by Crippen LogP contribution is -2.27. The number of halogens is 1. The summed E-state index contributed by atoms with van der Waals surface area (Å²) in [7, 11) is 0. The van der Waals surface area contributed by atoms with E-state index in [1.165, 1.54) is 22.7 Å². The maximum Gasteiger partial charge on any atom is 0.276 e. The summed E-state index contributed by atoms with van der Waals surface area (Å²) in [6.07, 6.45) is 4.80. The summed E-state index contributed by atoms with van der Waals surface area (Å²) in [4.78, 5) is 25.0. The Morgan fingerprint density at radius 2 is 1.85 bits per heavy atom. The molecule has 8 heteroatoms. The highest BCUT2D eigenvalue weighted by atomic mass is 35.5. The predicted molar refractivity (Wildman–Crippen MR) is 109 cm³/mol. The highest BCUT2D eigenvalue weighted by molar-refractivity contribution is 8.27. The molecule has 26 heavy (non-hydrogen) atoms. The van der Waals surface area contributed by atoms with E-state index in [-0.39, 0.29) is 11.6 Å². The zero-order valence-electron chi connectivity index (χ0n) is 13.2. The third-order valence-electron chi connectivity index (χ3n) is 3.54. The van der Waals surface area contributed by atoms with Crippen LogP contribution in [0.5, 0.6) is 0 Å². The second-order valence-corrected chi connectivity index (χ2v) is 7.30. The maximum absolute atomic E-state index is 12.6. The molecule has 1 amide bonds. The minimum Gasteiger partial charge on any atom is -0.268 e. The molecule has 0 aliphatic carbocycles. The number of rotatable bonds is 4. The summed E-state index contributed by atoms with van der Waals surface area (Å²) in [5.41, 5.74) is 1.11. The normalized spacial score (nSPS) is 16.0. The molecule has 0 radical (unpaired) electrons. The van der Waals surface area contributed by atoms with Crippen molar-refractivity contribution in [1.82, 2.24) is 0 Å². The van der Waals surface area contributed by atoms with Gasteiger partial charge in [0, 0.05) is 11.1 Å². The minimum absolute atomic E-state index is 0.00543. The van der Waals surface area contributed by atoms with Crippen molar-refractivity contribution in [3.8, 4) is 0 Å². The number of nitrogens with zero attached hydrogens (tertiary/aromatic N) is 2. The van der Waals surface area contributed by atoms with Gasteiger partial charge in [-0.2, -0.15) is 0 Å². The first kappa shape index (κ1) is 18.3. The molecule has 3 rings (SSSR count). The van der Waals surface area contributed by atoms with Crippen LogP contribution in [0.25, 0.3) is 6.08 Å². The number of allylic oxidation sites excluding steroid dienone is 2. The fourth-order valence-corrected chi connectivity index (χ4v) is 3.71. The number of carbonyl (C=O) groups excluding carboxylic acids is 1. The molecule has 0 aromatic heterocycles. The fourth-order valence-electron chi connectivity index (χ4n) is 2.33. The van der Waals surface area contributed by atoms with E-state index in [1.54, 1.807) is 60.7 Å². The molecule has 0 spiro atoms. The Bertz CT molecular complexity index is 955. The number of hydrogen-bond donors (Lipinski definition) is 0. The van der Waals surface area contributed by atoms with Crippen molar-refractivity contribution in [3.05, 3.63) is 86.3 Å². The van der Waals surface area contributed by atoms with Gasteiger partial charge in [0.1, 0.15) is 0 Å². The summed E-state index contributed by atoms with van der Waals surface area (Å²) in [5, 5.41) is 11.6. The third-order valence-corrected chi connectivity index (χ3v) is 5.11. The van der Waals surface area contributed by atoms with Gasteiger partial charge in [0.25, 0.3) is 11.6 Å². The summed E-state index contributed by atoms with van der Waals surface area (Å²) in [6, 6.07) is 13.2. The van der Waals surface area contributed by atoms with Gasteiger partial charge < -0.3 is 0 Å². The average molecular weight is 403 g/mol. The number of thiocarbonyl (C=S) groups is 1. The molecule has 2 aromatic carbocycles. The number of anilines is 1. The summed E-state index contributed by atoms with van der Waals surface area (Å²) in [6.45, 7) is 0. The fraction of sp³-hybridized carbons (Fsp3) is 0. The van der Waals surface area contributed by atoms with Crippen LogP contribution in [0.2, 0.25) is 5.02 Å². The van der Waals surface area contributed by atoms with Crippen molar-refractivity contribution in [2.24, 2.45) is 0 Å². The van der Waals surface area contributed by atoms with E-state index in [0.29, 0.717) is 25.5 Å². The molecule has 130 valence electrons. The predicted octanol–water partition coefficient (Wildman–Crippen LogP) is 5.21. The third kappa shape index (κ3) is 3.85. The molecular weight excluding hydrogens is 392 g/mol. The number of nitro benzene ring substituents is 1. The molecule has 1 aliphatic rings. The van der Waals surface area contributed by atoms with Crippen LogP contribution in [0.1, 0.15) is 5.56 Å². The van der Waals surface area contributed by atoms with Crippen LogP contribution < -0.4 is 4.90 Å². The number of hydrogen-bond acceptors (Lipinski definition) is 5. The van der Waals surface area contributed by atoms with Gasteiger partial charge in [0.05, 0.1) is 21.1 Å². The van der Waals surface area contributed by atoms with Gasteiger partial charge in [0.2, 0.25) is 0 Å². The SMILES string of the molecule is O=C1C(=C/C=C/c2ccccc2[N+](=O)[O-])SC(=S)N1c1ccc(Cl)cc1. The topological polar surface area (TPSA) is 63.4 Å². The van der Waals surface area contributed by atoms with E-state index in [1.807, 2.05) is 0 Å². The van der Waals surface area contributed by atoms with Crippen LogP contribution in [-0.4, -0.2) is 15.2 Å². The number of carbonyl (C=O) groups is 1. The van der Waals surface area contributed by atoms with Crippen molar-refractivity contribution in [2.45, 2.75) is 0 Å². The molecule has 0 bridgehead atoms. The Morgan fingerprint density at radius 1 is 1.15 bits per heavy atom. The van der Waals surface area contributed by atoms with Crippen LogP contribution in [0, 0.1) is 10.1 Å². The van der Waals surface area contributed by atoms with E-state index in [4.69, 9.17) is 23.8 Å². The largest absolute Gasteiger partial charge is 0.276 e. The molecule has 5 nitrogen and oxygen atoms in total. The molecule has 1 heterocycles. The van der Waals surface area contributed by atoms with E-state index in [2.05, 4.69) is 0 Å². The quantitative estimate of drug-likeness (QED) is 0.304. The molecule has 0 N–H and O–H groups in total. The second-order valence-electron chi connectivity index (χ2n) is 5.19. The number of para-hydroxylation sites is 1. The van der Waals surface area contributed by atoms with Crippen LogP contribution in [0.3, 0.4) is 0 Å². The molecule has 1 fully saturated rings. The first-order chi connectivity index (χ1) is 12.5. The highest BCUT2D eigenvalue weighted by Gasteiger charge is 2.32. The van der Waals surface area contributed by atoms with Crippen LogP contribution in [-0.2, 0) is 4.79 Å². The molecule has 1 aliphatic heterocycles. The van der Waals surface area contributed by atoms with E-state index in [0.717, 1.165) is 0 Å². The summed E-state index contributed by atoms with van der Waals surface area (Å²) >= 11 is 12.3. The van der Waals surface area contributed by atoms with Crippen LogP contribution in [0.4, 0.5) is 11.4 Å². The van der Waals surface area contributed by atoms with Gasteiger partial charge in [-0.15, -0.1) is 0 Å². The molecule has 0 unspecified atom stereocenters. The Hall–Kier alpha value is -2.48. The maximum atomic E-state index is 12.6. The van der Waals surface area contributed by atoms with Crippen molar-refractivity contribution < 1.29 is 9.72 Å². The van der Waals surface area contributed by atoms with E-state index in [9.17, 15) is 14.9 Å². The van der Waals surface area contributed by atoms with Crippen LogP contribution >= 0.6 is 35.6 Å². The summed E-state index contributed by atoms with van der Waals surface area (Å²) < 4.78 is 0.419. The lowest BCUT2D eigenvalue weighted by atomic mass is 10.1. The number of nitro groups is 1. The van der Waals surface area contributed by atoms with Gasteiger partial charge in [-0.3, -0.25) is 19.8 Å². The van der Waals surface area contributed by atoms with E-state index < -0.39 is 4.92 Å². The van der Waals surface area contributed by atoms with Gasteiger partial charge in [0.15, 0.2) is 4.32 Å². The monoisotopic (exact) mass is 402 g/mol. The van der Waals surface area contributed by atoms with Gasteiger partial charge in [-0.05, 0) is 42.5 Å². The number of benzene rings is 2. The number of amides is 1. The van der Waals surface area contributed by atoms with Crippen molar-refractivity contribution in [3.63, 3.8) is 0 Å².